The number of fused-ring (bicyclic) bond motifs is 2. The van der Waals surface area contributed by atoms with Crippen molar-refractivity contribution in [1.82, 2.24) is 9.97 Å². The summed E-state index contributed by atoms with van der Waals surface area (Å²) in [5.41, 5.74) is 14.3. The third-order valence-corrected chi connectivity index (χ3v) is 4.41. The Morgan fingerprint density at radius 3 is 2.77 bits per heavy atom. The summed E-state index contributed by atoms with van der Waals surface area (Å²) >= 11 is 0. The van der Waals surface area contributed by atoms with E-state index in [9.17, 15) is 0 Å². The van der Waals surface area contributed by atoms with Gasteiger partial charge in [-0.2, -0.15) is 0 Å². The van der Waals surface area contributed by atoms with Crippen LogP contribution in [0, 0.1) is 0 Å². The lowest BCUT2D eigenvalue weighted by molar-refractivity contribution is 0.411. The number of hydrogen-bond acceptors (Lipinski definition) is 6. The van der Waals surface area contributed by atoms with Crippen LogP contribution in [0.15, 0.2) is 52.9 Å². The van der Waals surface area contributed by atoms with E-state index >= 15 is 0 Å². The van der Waals surface area contributed by atoms with Crippen LogP contribution in [0.5, 0.6) is 5.75 Å². The van der Waals surface area contributed by atoms with Crippen LogP contribution in [0.3, 0.4) is 0 Å². The molecule has 1 unspecified atom stereocenters. The van der Waals surface area contributed by atoms with E-state index in [2.05, 4.69) is 4.98 Å². The van der Waals surface area contributed by atoms with Crippen molar-refractivity contribution in [2.24, 2.45) is 11.5 Å². The molecule has 0 bridgehead atoms. The van der Waals surface area contributed by atoms with Crippen LogP contribution >= 0.6 is 0 Å². The van der Waals surface area contributed by atoms with Crippen molar-refractivity contribution in [3.8, 4) is 17.3 Å². The van der Waals surface area contributed by atoms with Gasteiger partial charge in [0, 0.05) is 16.8 Å². The van der Waals surface area contributed by atoms with Gasteiger partial charge in [0.05, 0.1) is 18.3 Å². The van der Waals surface area contributed by atoms with E-state index < -0.39 is 0 Å². The first kappa shape index (κ1) is 16.5. The molecule has 0 spiro atoms. The number of benzene rings is 2. The minimum atomic E-state index is -0.259. The van der Waals surface area contributed by atoms with Gasteiger partial charge < -0.3 is 20.6 Å². The molecule has 4 N–H and O–H groups in total. The summed E-state index contributed by atoms with van der Waals surface area (Å²) in [7, 11) is 1.62. The molecule has 0 fully saturated rings. The second-order valence-electron chi connectivity index (χ2n) is 6.12. The highest BCUT2D eigenvalue weighted by molar-refractivity contribution is 5.88. The van der Waals surface area contributed by atoms with Gasteiger partial charge in [-0.1, -0.05) is 30.3 Å². The van der Waals surface area contributed by atoms with Crippen LogP contribution in [0.1, 0.15) is 18.2 Å². The van der Waals surface area contributed by atoms with Crippen LogP contribution in [-0.4, -0.2) is 23.6 Å². The van der Waals surface area contributed by atoms with Gasteiger partial charge >= 0.3 is 0 Å². The Labute approximate surface area is 150 Å². The summed E-state index contributed by atoms with van der Waals surface area (Å²) in [4.78, 5) is 9.38. The Morgan fingerprint density at radius 2 is 1.96 bits per heavy atom. The summed E-state index contributed by atoms with van der Waals surface area (Å²) in [6, 6.07) is 15.2. The van der Waals surface area contributed by atoms with E-state index in [4.69, 9.17) is 25.6 Å². The van der Waals surface area contributed by atoms with E-state index in [1.165, 1.54) is 0 Å². The van der Waals surface area contributed by atoms with Crippen LogP contribution in [0.4, 0.5) is 0 Å². The van der Waals surface area contributed by atoms with Gasteiger partial charge in [0.25, 0.3) is 0 Å². The fraction of sp³-hybridized carbons (Fsp3) is 0.200. The van der Waals surface area contributed by atoms with Crippen LogP contribution in [0.25, 0.3) is 33.5 Å². The zero-order valence-corrected chi connectivity index (χ0v) is 14.5. The summed E-state index contributed by atoms with van der Waals surface area (Å²) in [6.07, 6.45) is 0.647. The van der Waals surface area contributed by atoms with Crippen molar-refractivity contribution in [2.45, 2.75) is 12.5 Å². The second-order valence-corrected chi connectivity index (χ2v) is 6.12. The molecular formula is C20H20N4O2. The fourth-order valence-electron chi connectivity index (χ4n) is 3.12. The highest BCUT2D eigenvalue weighted by Gasteiger charge is 2.18. The molecule has 0 saturated carbocycles. The van der Waals surface area contributed by atoms with Crippen molar-refractivity contribution in [3.05, 3.63) is 54.2 Å². The maximum Gasteiger partial charge on any atom is 0.196 e. The van der Waals surface area contributed by atoms with E-state index in [-0.39, 0.29) is 6.04 Å². The molecule has 26 heavy (non-hydrogen) atoms. The molecule has 0 aliphatic carbocycles. The van der Waals surface area contributed by atoms with E-state index in [0.717, 1.165) is 22.0 Å². The lowest BCUT2D eigenvalue weighted by Gasteiger charge is -2.13. The summed E-state index contributed by atoms with van der Waals surface area (Å²) in [5, 5.41) is 1.87. The van der Waals surface area contributed by atoms with Crippen molar-refractivity contribution >= 4 is 21.9 Å². The van der Waals surface area contributed by atoms with Crippen molar-refractivity contribution in [2.75, 3.05) is 13.7 Å². The van der Waals surface area contributed by atoms with Gasteiger partial charge in [-0.25, -0.2) is 9.97 Å². The molecule has 6 heteroatoms. The number of methoxy groups -OCH3 is 1. The van der Waals surface area contributed by atoms with Gasteiger partial charge in [-0.15, -0.1) is 0 Å². The summed E-state index contributed by atoms with van der Waals surface area (Å²) in [5.74, 6) is 1.76. The molecule has 2 aromatic heterocycles. The molecule has 0 aliphatic rings. The zero-order chi connectivity index (χ0) is 18.1. The second kappa shape index (κ2) is 6.74. The normalized spacial score (nSPS) is 12.6. The maximum absolute atomic E-state index is 6.32. The number of hydrogen-bond donors (Lipinski definition) is 2. The molecule has 4 aromatic rings. The number of aromatic nitrogens is 2. The molecule has 4 rings (SSSR count). The Bertz CT molecular complexity index is 1070. The lowest BCUT2D eigenvalue weighted by atomic mass is 10.1. The van der Waals surface area contributed by atoms with E-state index in [0.29, 0.717) is 35.9 Å². The topological polar surface area (TPSA) is 100 Å². The number of nitrogens with zero attached hydrogens (tertiary/aromatic N) is 2. The Balaban J connectivity index is 1.91. The maximum atomic E-state index is 6.32. The van der Waals surface area contributed by atoms with Crippen LogP contribution in [0.2, 0.25) is 0 Å². The number of para-hydroxylation sites is 2. The molecule has 1 atom stereocenters. The Hall–Kier alpha value is -2.96. The number of ether oxygens (including phenoxy) is 1. The summed E-state index contributed by atoms with van der Waals surface area (Å²) in [6.45, 7) is 0.497. The van der Waals surface area contributed by atoms with E-state index in [1.54, 1.807) is 7.11 Å². The molecule has 6 nitrogen and oxygen atoms in total. The molecule has 0 aliphatic heterocycles. The van der Waals surface area contributed by atoms with Gasteiger partial charge in [0.2, 0.25) is 0 Å². The average Bonchev–Trinajstić information content (AvgIpc) is 3.11. The van der Waals surface area contributed by atoms with Crippen LogP contribution in [-0.2, 0) is 0 Å². The predicted molar refractivity (Wildman–Crippen MR) is 102 cm³/mol. The smallest absolute Gasteiger partial charge is 0.196 e. The average molecular weight is 348 g/mol. The van der Waals surface area contributed by atoms with Gasteiger partial charge in [-0.3, -0.25) is 0 Å². The molecule has 0 radical (unpaired) electrons. The van der Waals surface area contributed by atoms with E-state index in [1.807, 2.05) is 48.5 Å². The van der Waals surface area contributed by atoms with Crippen LogP contribution < -0.4 is 16.2 Å². The van der Waals surface area contributed by atoms with Crippen molar-refractivity contribution < 1.29 is 9.15 Å². The van der Waals surface area contributed by atoms with Gasteiger partial charge in [0.1, 0.15) is 0 Å². The largest absolute Gasteiger partial charge is 0.493 e. The first-order valence-electron chi connectivity index (χ1n) is 8.50. The molecule has 2 heterocycles. The number of nitrogens with two attached hydrogens (primary N) is 2. The van der Waals surface area contributed by atoms with Crippen molar-refractivity contribution in [1.29, 1.82) is 0 Å². The highest BCUT2D eigenvalue weighted by atomic mass is 16.5. The Morgan fingerprint density at radius 1 is 1.12 bits per heavy atom. The molecule has 0 saturated heterocycles. The Kier molecular flexibility index (Phi) is 4.28. The standard InChI is InChI=1S/C20H20N4O2/c1-25-16-8-4-5-12-11-17(26-19(12)16)20-23-15-7-3-2-6-13(15)18(24-20)14(22)9-10-21/h2-8,11,14H,9-10,21-22H2,1H3. The quantitative estimate of drug-likeness (QED) is 0.573. The van der Waals surface area contributed by atoms with Gasteiger partial charge in [-0.05, 0) is 31.2 Å². The first-order chi connectivity index (χ1) is 12.7. The first-order valence-corrected chi connectivity index (χ1v) is 8.50. The van der Waals surface area contributed by atoms with Gasteiger partial charge in [0.15, 0.2) is 22.9 Å². The lowest BCUT2D eigenvalue weighted by Crippen LogP contribution is -2.17. The molecular weight excluding hydrogens is 328 g/mol. The third-order valence-electron chi connectivity index (χ3n) is 4.41. The molecule has 132 valence electrons. The SMILES string of the molecule is COc1cccc2cc(-c3nc(C(N)CCN)c4ccccc4n3)oc12. The molecule has 0 amide bonds. The monoisotopic (exact) mass is 348 g/mol. The minimum absolute atomic E-state index is 0.259. The van der Waals surface area contributed by atoms with Crippen molar-refractivity contribution in [3.63, 3.8) is 0 Å². The summed E-state index contributed by atoms with van der Waals surface area (Å²) < 4.78 is 11.4. The predicted octanol–water partition coefficient (Wildman–Crippen LogP) is 3.40. The third kappa shape index (κ3) is 2.79. The highest BCUT2D eigenvalue weighted by Crippen LogP contribution is 2.33. The number of furan rings is 1. The fourth-order valence-corrected chi connectivity index (χ4v) is 3.12. The number of rotatable bonds is 5. The molecule has 2 aromatic carbocycles. The minimum Gasteiger partial charge on any atom is -0.493 e. The zero-order valence-electron chi connectivity index (χ0n) is 14.5.